The van der Waals surface area contributed by atoms with Gasteiger partial charge in [-0.25, -0.2) is 9.59 Å². The molecule has 0 aromatic heterocycles. The minimum absolute atomic E-state index is 0.0600. The maximum absolute atomic E-state index is 12.8. The molecule has 2 heterocycles. The number of urea groups is 1. The molecule has 0 radical (unpaired) electrons. The number of nitrogens with one attached hydrogen (secondary N) is 1. The average Bonchev–Trinajstić information content (AvgIpc) is 3.03. The molecule has 2 aromatic carbocycles. The van der Waals surface area contributed by atoms with Crippen molar-refractivity contribution in [1.82, 2.24) is 4.90 Å². The van der Waals surface area contributed by atoms with E-state index in [4.69, 9.17) is 9.47 Å². The van der Waals surface area contributed by atoms with Crippen LogP contribution in [0.2, 0.25) is 0 Å². The van der Waals surface area contributed by atoms with Crippen LogP contribution in [-0.2, 0) is 11.3 Å². The Labute approximate surface area is 157 Å². The first-order valence-electron chi connectivity index (χ1n) is 8.89. The van der Waals surface area contributed by atoms with Crippen molar-refractivity contribution >= 4 is 23.5 Å². The lowest BCUT2D eigenvalue weighted by Crippen LogP contribution is -2.43. The maximum Gasteiger partial charge on any atom is 0.414 e. The van der Waals surface area contributed by atoms with Crippen LogP contribution >= 0.6 is 0 Å². The van der Waals surface area contributed by atoms with Gasteiger partial charge in [0, 0.05) is 18.8 Å². The normalized spacial score (nSPS) is 18.7. The highest BCUT2D eigenvalue weighted by Gasteiger charge is 2.37. The predicted octanol–water partition coefficient (Wildman–Crippen LogP) is 3.46. The van der Waals surface area contributed by atoms with E-state index in [0.29, 0.717) is 31.8 Å². The summed E-state index contributed by atoms with van der Waals surface area (Å²) in [6, 6.07) is 14.6. The fourth-order valence-corrected chi connectivity index (χ4v) is 3.49. The highest BCUT2D eigenvalue weighted by atomic mass is 16.6. The molecule has 140 valence electrons. The van der Waals surface area contributed by atoms with Gasteiger partial charge in [-0.2, -0.15) is 0 Å². The molecule has 0 saturated carbocycles. The molecule has 27 heavy (non-hydrogen) atoms. The Kier molecular flexibility index (Phi) is 4.58. The summed E-state index contributed by atoms with van der Waals surface area (Å²) in [5.41, 5.74) is 2.44. The summed E-state index contributed by atoms with van der Waals surface area (Å²) in [5.74, 6) is 0.735. The van der Waals surface area contributed by atoms with E-state index in [1.54, 1.807) is 41.2 Å². The summed E-state index contributed by atoms with van der Waals surface area (Å²) in [6.45, 7) is 1.31. The van der Waals surface area contributed by atoms with E-state index < -0.39 is 0 Å². The van der Waals surface area contributed by atoms with Gasteiger partial charge in [0.15, 0.2) is 0 Å². The Morgan fingerprint density at radius 3 is 2.74 bits per heavy atom. The second-order valence-electron chi connectivity index (χ2n) is 6.60. The number of nitrogens with zero attached hydrogens (tertiary/aromatic N) is 2. The zero-order chi connectivity index (χ0) is 18.8. The zero-order valence-corrected chi connectivity index (χ0v) is 15.1. The van der Waals surface area contributed by atoms with Gasteiger partial charge in [-0.05, 0) is 42.3 Å². The third-order valence-electron chi connectivity index (χ3n) is 4.93. The van der Waals surface area contributed by atoms with Gasteiger partial charge in [0.25, 0.3) is 0 Å². The van der Waals surface area contributed by atoms with E-state index in [2.05, 4.69) is 5.32 Å². The van der Waals surface area contributed by atoms with E-state index in [9.17, 15) is 9.59 Å². The van der Waals surface area contributed by atoms with Crippen LogP contribution in [0.15, 0.2) is 48.5 Å². The molecular weight excluding hydrogens is 346 g/mol. The second kappa shape index (κ2) is 7.19. The Hall–Kier alpha value is -3.22. The number of rotatable bonds is 2. The quantitative estimate of drug-likeness (QED) is 0.882. The van der Waals surface area contributed by atoms with Crippen molar-refractivity contribution in [3.8, 4) is 5.75 Å². The van der Waals surface area contributed by atoms with E-state index in [0.717, 1.165) is 17.0 Å². The third-order valence-corrected chi connectivity index (χ3v) is 4.93. The van der Waals surface area contributed by atoms with Crippen LogP contribution in [0.5, 0.6) is 5.75 Å². The fourth-order valence-electron chi connectivity index (χ4n) is 3.49. The average molecular weight is 367 g/mol. The first-order chi connectivity index (χ1) is 13.2. The molecule has 2 aliphatic rings. The molecule has 0 bridgehead atoms. The first-order valence-corrected chi connectivity index (χ1v) is 8.89. The Balaban J connectivity index is 1.55. The summed E-state index contributed by atoms with van der Waals surface area (Å²) < 4.78 is 10.4. The standard InChI is InChI=1S/C20H21N3O4/c1-26-17-8-6-15(7-9-17)21-19(24)22-11-10-16-13-27-20(25)23(16)18-5-3-2-4-14(18)12-22/h2-9,16H,10-13H2,1H3,(H,21,24)/t16-/m0/s1. The van der Waals surface area contributed by atoms with Crippen LogP contribution in [0, 0.1) is 0 Å². The van der Waals surface area contributed by atoms with Crippen molar-refractivity contribution in [3.63, 3.8) is 0 Å². The number of cyclic esters (lactones) is 1. The topological polar surface area (TPSA) is 71.1 Å². The van der Waals surface area contributed by atoms with Gasteiger partial charge in [0.05, 0.1) is 18.8 Å². The summed E-state index contributed by atoms with van der Waals surface area (Å²) in [5, 5.41) is 2.93. The number of fused-ring (bicyclic) bond motifs is 3. The van der Waals surface area contributed by atoms with Gasteiger partial charge in [-0.15, -0.1) is 0 Å². The van der Waals surface area contributed by atoms with Gasteiger partial charge in [0.1, 0.15) is 12.4 Å². The number of benzene rings is 2. The first kappa shape index (κ1) is 17.2. The van der Waals surface area contributed by atoms with Gasteiger partial charge in [-0.3, -0.25) is 4.90 Å². The van der Waals surface area contributed by atoms with Gasteiger partial charge >= 0.3 is 12.1 Å². The van der Waals surface area contributed by atoms with Gasteiger partial charge in [-0.1, -0.05) is 18.2 Å². The van der Waals surface area contributed by atoms with Crippen LogP contribution in [0.4, 0.5) is 21.0 Å². The van der Waals surface area contributed by atoms with Crippen molar-refractivity contribution in [2.24, 2.45) is 0 Å². The summed E-state index contributed by atoms with van der Waals surface area (Å²) in [7, 11) is 1.60. The van der Waals surface area contributed by atoms with E-state index in [1.165, 1.54) is 0 Å². The largest absolute Gasteiger partial charge is 0.497 e. The second-order valence-corrected chi connectivity index (χ2v) is 6.60. The minimum Gasteiger partial charge on any atom is -0.497 e. The molecule has 0 unspecified atom stereocenters. The highest BCUT2D eigenvalue weighted by Crippen LogP contribution is 2.31. The summed E-state index contributed by atoms with van der Waals surface area (Å²) in [6.07, 6.45) is 0.347. The molecule has 1 N–H and O–H groups in total. The Morgan fingerprint density at radius 1 is 1.19 bits per heavy atom. The zero-order valence-electron chi connectivity index (χ0n) is 15.1. The van der Waals surface area contributed by atoms with Crippen molar-refractivity contribution in [2.45, 2.75) is 19.0 Å². The van der Waals surface area contributed by atoms with Gasteiger partial charge < -0.3 is 19.7 Å². The van der Waals surface area contributed by atoms with Crippen LogP contribution in [0.3, 0.4) is 0 Å². The number of hydrogen-bond donors (Lipinski definition) is 1. The molecule has 1 saturated heterocycles. The number of carbonyl (C=O) groups excluding carboxylic acids is 2. The van der Waals surface area contributed by atoms with Crippen LogP contribution in [0.1, 0.15) is 12.0 Å². The van der Waals surface area contributed by atoms with Crippen molar-refractivity contribution in [3.05, 3.63) is 54.1 Å². The van der Waals surface area contributed by atoms with Gasteiger partial charge in [0.2, 0.25) is 0 Å². The number of amides is 3. The van der Waals surface area contributed by atoms with Crippen LogP contribution < -0.4 is 15.0 Å². The molecule has 1 atom stereocenters. The van der Waals surface area contributed by atoms with E-state index in [1.807, 2.05) is 24.3 Å². The summed E-state index contributed by atoms with van der Waals surface area (Å²) in [4.78, 5) is 28.5. The molecule has 0 spiro atoms. The fraction of sp³-hybridized carbons (Fsp3) is 0.300. The smallest absolute Gasteiger partial charge is 0.414 e. The SMILES string of the molecule is COc1ccc(NC(=O)N2CC[C@H]3COC(=O)N3c3ccccc3C2)cc1. The lowest BCUT2D eigenvalue weighted by Gasteiger charge is -2.32. The highest BCUT2D eigenvalue weighted by molar-refractivity contribution is 5.92. The van der Waals surface area contributed by atoms with Crippen LogP contribution in [-0.4, -0.2) is 43.3 Å². The molecule has 2 aliphatic heterocycles. The molecule has 2 aromatic rings. The molecule has 7 nitrogen and oxygen atoms in total. The molecule has 0 aliphatic carbocycles. The molecule has 4 rings (SSSR count). The number of carbonyl (C=O) groups is 2. The Bertz CT molecular complexity index is 853. The number of hydrogen-bond acceptors (Lipinski definition) is 4. The monoisotopic (exact) mass is 367 g/mol. The molecule has 1 fully saturated rings. The van der Waals surface area contributed by atoms with Crippen molar-refractivity contribution < 1.29 is 19.1 Å². The molecule has 7 heteroatoms. The third kappa shape index (κ3) is 3.40. The van der Waals surface area contributed by atoms with E-state index >= 15 is 0 Å². The number of para-hydroxylation sites is 1. The van der Waals surface area contributed by atoms with Crippen molar-refractivity contribution in [1.29, 1.82) is 0 Å². The summed E-state index contributed by atoms with van der Waals surface area (Å²) >= 11 is 0. The van der Waals surface area contributed by atoms with E-state index in [-0.39, 0.29) is 18.2 Å². The lowest BCUT2D eigenvalue weighted by molar-refractivity contribution is 0.177. The lowest BCUT2D eigenvalue weighted by atomic mass is 10.1. The van der Waals surface area contributed by atoms with Crippen LogP contribution in [0.25, 0.3) is 0 Å². The van der Waals surface area contributed by atoms with Crippen molar-refractivity contribution in [2.75, 3.05) is 30.5 Å². The Morgan fingerprint density at radius 2 is 1.96 bits per heavy atom. The number of methoxy groups -OCH3 is 1. The maximum atomic E-state index is 12.8. The predicted molar refractivity (Wildman–Crippen MR) is 101 cm³/mol. The molecular formula is C20H21N3O4. The number of ether oxygens (including phenoxy) is 2. The number of anilines is 2. The molecule has 3 amide bonds. The minimum atomic E-state index is -0.316.